The van der Waals surface area contributed by atoms with E-state index in [2.05, 4.69) is 27.4 Å². The number of nitrogens with zero attached hydrogens (tertiary/aromatic N) is 2. The maximum absolute atomic E-state index is 6.47. The number of nitrogens with one attached hydrogen (secondary N) is 1. The highest BCUT2D eigenvalue weighted by molar-refractivity contribution is 8.14. The Labute approximate surface area is 156 Å². The average molecular weight is 380 g/mol. The molecule has 0 spiro atoms. The number of aryl methyl sites for hydroxylation is 2. The number of aliphatic imine (C=N–C) groups is 1. The molecule has 6 heteroatoms. The van der Waals surface area contributed by atoms with Crippen LogP contribution in [0.3, 0.4) is 0 Å². The van der Waals surface area contributed by atoms with Gasteiger partial charge in [-0.05, 0) is 49.6 Å². The second kappa shape index (κ2) is 7.77. The number of amidine groups is 1. The predicted molar refractivity (Wildman–Crippen MR) is 105 cm³/mol. The normalized spacial score (nSPS) is 15.2. The monoisotopic (exact) mass is 379 g/mol. The third kappa shape index (κ3) is 4.24. The van der Waals surface area contributed by atoms with Crippen molar-refractivity contribution in [1.82, 2.24) is 10.3 Å². The lowest BCUT2D eigenvalue weighted by molar-refractivity contribution is 0.647. The summed E-state index contributed by atoms with van der Waals surface area (Å²) >= 11 is 14.4. The number of hydrogen-bond donors (Lipinski definition) is 1. The summed E-state index contributed by atoms with van der Waals surface area (Å²) < 4.78 is 0. The van der Waals surface area contributed by atoms with Crippen molar-refractivity contribution < 1.29 is 0 Å². The maximum Gasteiger partial charge on any atom is 0.157 e. The van der Waals surface area contributed by atoms with Crippen molar-refractivity contribution in [2.45, 2.75) is 26.3 Å². The Morgan fingerprint density at radius 2 is 1.96 bits per heavy atom. The third-order valence-electron chi connectivity index (χ3n) is 3.82. The van der Waals surface area contributed by atoms with Crippen molar-refractivity contribution in [3.63, 3.8) is 0 Å². The number of thioether (sulfide) groups is 1. The fourth-order valence-electron chi connectivity index (χ4n) is 2.87. The molecule has 0 radical (unpaired) electrons. The van der Waals surface area contributed by atoms with Gasteiger partial charge in [0, 0.05) is 17.1 Å². The number of benzene rings is 1. The number of aromatic nitrogens is 1. The zero-order chi connectivity index (χ0) is 17.1. The first kappa shape index (κ1) is 17.6. The Kier molecular flexibility index (Phi) is 5.69. The smallest absolute Gasteiger partial charge is 0.157 e. The average Bonchev–Trinajstić information content (AvgIpc) is 3.01. The zero-order valence-corrected chi connectivity index (χ0v) is 16.0. The first-order valence-electron chi connectivity index (χ1n) is 7.85. The summed E-state index contributed by atoms with van der Waals surface area (Å²) in [5.41, 5.74) is 4.26. The molecule has 126 valence electrons. The summed E-state index contributed by atoms with van der Waals surface area (Å²) in [7, 11) is 0. The van der Waals surface area contributed by atoms with Crippen molar-refractivity contribution >= 4 is 40.1 Å². The minimum atomic E-state index is 0.0155. The van der Waals surface area contributed by atoms with Crippen LogP contribution in [0.1, 0.15) is 28.6 Å². The summed E-state index contributed by atoms with van der Waals surface area (Å²) in [4.78, 5) is 8.96. The van der Waals surface area contributed by atoms with E-state index >= 15 is 0 Å². The van der Waals surface area contributed by atoms with Gasteiger partial charge in [-0.25, -0.2) is 0 Å². The molecule has 3 rings (SSSR count). The van der Waals surface area contributed by atoms with Gasteiger partial charge in [0.1, 0.15) is 0 Å². The van der Waals surface area contributed by atoms with Crippen LogP contribution < -0.4 is 5.32 Å². The summed E-state index contributed by atoms with van der Waals surface area (Å²) in [5.74, 6) is 1.02. The van der Waals surface area contributed by atoms with Crippen molar-refractivity contribution in [3.8, 4) is 0 Å². The molecule has 1 aliphatic heterocycles. The molecule has 1 aromatic carbocycles. The second-order valence-corrected chi connectivity index (χ2v) is 7.71. The van der Waals surface area contributed by atoms with Gasteiger partial charge in [-0.1, -0.05) is 47.1 Å². The summed E-state index contributed by atoms with van der Waals surface area (Å²) in [6, 6.07) is 10.0. The van der Waals surface area contributed by atoms with Crippen LogP contribution in [0.15, 0.2) is 35.3 Å². The van der Waals surface area contributed by atoms with Gasteiger partial charge < -0.3 is 5.32 Å². The highest BCUT2D eigenvalue weighted by Crippen LogP contribution is 2.32. The van der Waals surface area contributed by atoms with E-state index in [4.69, 9.17) is 23.2 Å². The standard InChI is InChI=1S/C18H19Cl2N3S/c1-11-8-13(9-12(2)22-11)10-16(23-18-21-6-7-24-18)14-4-3-5-15(19)17(14)20/h3-5,8-9,16H,6-7,10H2,1-2H3,(H,21,23). The van der Waals surface area contributed by atoms with Gasteiger partial charge in [-0.15, -0.1) is 0 Å². The van der Waals surface area contributed by atoms with Gasteiger partial charge in [-0.3, -0.25) is 9.98 Å². The fraction of sp³-hybridized carbons (Fsp3) is 0.333. The van der Waals surface area contributed by atoms with Crippen LogP contribution in [0.4, 0.5) is 0 Å². The lowest BCUT2D eigenvalue weighted by atomic mass is 9.98. The molecular formula is C18H19Cl2N3S. The van der Waals surface area contributed by atoms with E-state index in [1.54, 1.807) is 11.8 Å². The van der Waals surface area contributed by atoms with E-state index in [0.717, 1.165) is 40.8 Å². The molecule has 0 saturated heterocycles. The Morgan fingerprint density at radius 3 is 2.62 bits per heavy atom. The van der Waals surface area contributed by atoms with Gasteiger partial charge in [0.25, 0.3) is 0 Å². The van der Waals surface area contributed by atoms with E-state index < -0.39 is 0 Å². The Bertz CT molecular complexity index is 757. The molecule has 0 saturated carbocycles. The SMILES string of the molecule is Cc1cc(CC(NC2=NCCS2)c2cccc(Cl)c2Cl)cc(C)n1. The van der Waals surface area contributed by atoms with E-state index in [1.165, 1.54) is 5.56 Å². The largest absolute Gasteiger partial charge is 0.358 e. The van der Waals surface area contributed by atoms with Gasteiger partial charge in [0.05, 0.1) is 22.6 Å². The molecule has 2 heterocycles. The van der Waals surface area contributed by atoms with Crippen LogP contribution in [0.2, 0.25) is 10.0 Å². The number of halogens is 2. The topological polar surface area (TPSA) is 37.3 Å². The highest BCUT2D eigenvalue weighted by atomic mass is 35.5. The Hall–Kier alpha value is -1.23. The third-order valence-corrected chi connectivity index (χ3v) is 5.56. The molecule has 0 aliphatic carbocycles. The molecule has 1 atom stereocenters. The molecule has 2 aromatic rings. The molecule has 1 aliphatic rings. The van der Waals surface area contributed by atoms with E-state index in [1.807, 2.05) is 32.0 Å². The van der Waals surface area contributed by atoms with Crippen LogP contribution in [-0.2, 0) is 6.42 Å². The first-order chi connectivity index (χ1) is 11.5. The van der Waals surface area contributed by atoms with Crippen molar-refractivity contribution in [1.29, 1.82) is 0 Å². The molecule has 1 unspecified atom stereocenters. The summed E-state index contributed by atoms with van der Waals surface area (Å²) in [6.45, 7) is 4.89. The maximum atomic E-state index is 6.47. The van der Waals surface area contributed by atoms with Crippen molar-refractivity contribution in [2.75, 3.05) is 12.3 Å². The van der Waals surface area contributed by atoms with Gasteiger partial charge >= 0.3 is 0 Å². The molecule has 24 heavy (non-hydrogen) atoms. The molecule has 3 nitrogen and oxygen atoms in total. The van der Waals surface area contributed by atoms with Crippen LogP contribution in [0.5, 0.6) is 0 Å². The van der Waals surface area contributed by atoms with Gasteiger partial charge in [0.2, 0.25) is 0 Å². The van der Waals surface area contributed by atoms with Gasteiger partial charge in [0.15, 0.2) is 5.17 Å². The molecule has 0 bridgehead atoms. The van der Waals surface area contributed by atoms with E-state index in [0.29, 0.717) is 10.0 Å². The molecule has 0 amide bonds. The Balaban J connectivity index is 1.93. The van der Waals surface area contributed by atoms with Crippen LogP contribution in [0.25, 0.3) is 0 Å². The first-order valence-corrected chi connectivity index (χ1v) is 9.59. The van der Waals surface area contributed by atoms with E-state index in [-0.39, 0.29) is 6.04 Å². The highest BCUT2D eigenvalue weighted by Gasteiger charge is 2.20. The summed E-state index contributed by atoms with van der Waals surface area (Å²) in [5, 5.41) is 5.68. The summed E-state index contributed by atoms with van der Waals surface area (Å²) in [6.07, 6.45) is 0.795. The van der Waals surface area contributed by atoms with Crippen LogP contribution in [-0.4, -0.2) is 22.4 Å². The predicted octanol–water partition coefficient (Wildman–Crippen LogP) is 4.98. The quantitative estimate of drug-likeness (QED) is 0.813. The van der Waals surface area contributed by atoms with E-state index in [9.17, 15) is 0 Å². The molecule has 1 N–H and O–H groups in total. The zero-order valence-electron chi connectivity index (χ0n) is 13.6. The van der Waals surface area contributed by atoms with Crippen molar-refractivity contribution in [2.24, 2.45) is 4.99 Å². The second-order valence-electron chi connectivity index (χ2n) is 5.84. The number of rotatable bonds is 4. The number of pyridine rings is 1. The number of hydrogen-bond acceptors (Lipinski definition) is 4. The van der Waals surface area contributed by atoms with Crippen LogP contribution >= 0.6 is 35.0 Å². The van der Waals surface area contributed by atoms with Gasteiger partial charge in [-0.2, -0.15) is 0 Å². The Morgan fingerprint density at radius 1 is 1.21 bits per heavy atom. The fourth-order valence-corrected chi connectivity index (χ4v) is 4.10. The minimum Gasteiger partial charge on any atom is -0.358 e. The van der Waals surface area contributed by atoms with Crippen LogP contribution in [0, 0.1) is 13.8 Å². The molecule has 0 fully saturated rings. The molecule has 1 aromatic heterocycles. The minimum absolute atomic E-state index is 0.0155. The van der Waals surface area contributed by atoms with Crippen molar-refractivity contribution in [3.05, 3.63) is 62.9 Å². The lowest BCUT2D eigenvalue weighted by Crippen LogP contribution is -2.27. The lowest BCUT2D eigenvalue weighted by Gasteiger charge is -2.22. The molecular weight excluding hydrogens is 361 g/mol.